The molecule has 1 heterocycles. The lowest BCUT2D eigenvalue weighted by molar-refractivity contribution is -0.0327. The van der Waals surface area contributed by atoms with Gasteiger partial charge in [-0.1, -0.05) is 0 Å². The van der Waals surface area contributed by atoms with Crippen molar-refractivity contribution in [1.82, 2.24) is 4.98 Å². The van der Waals surface area contributed by atoms with Crippen molar-refractivity contribution < 1.29 is 23.1 Å². The maximum absolute atomic E-state index is 12.2. The fourth-order valence-electron chi connectivity index (χ4n) is 1.44. The first-order valence-corrected chi connectivity index (χ1v) is 5.28. The van der Waals surface area contributed by atoms with Crippen LogP contribution in [0.4, 0.5) is 13.2 Å². The number of aromatic carboxylic acids is 1. The smallest absolute Gasteiger partial charge is 0.446 e. The summed E-state index contributed by atoms with van der Waals surface area (Å²) in [5.41, 5.74) is -3.96. The number of hydrogen-bond acceptors (Lipinski definition) is 2. The minimum Gasteiger partial charge on any atom is -0.478 e. The summed E-state index contributed by atoms with van der Waals surface area (Å²) in [6.07, 6.45) is 1.22. The van der Waals surface area contributed by atoms with Crippen LogP contribution >= 0.6 is 11.8 Å². The predicted octanol–water partition coefficient (Wildman–Crippen LogP) is 3.48. The summed E-state index contributed by atoms with van der Waals surface area (Å²) < 4.78 is 36.7. The summed E-state index contributed by atoms with van der Waals surface area (Å²) in [6, 6.07) is 4.00. The molecular weight excluding hydrogens is 255 g/mol. The number of aromatic nitrogens is 1. The molecule has 0 saturated carbocycles. The van der Waals surface area contributed by atoms with E-state index < -0.39 is 11.5 Å². The minimum absolute atomic E-state index is 0.0319. The van der Waals surface area contributed by atoms with E-state index in [-0.39, 0.29) is 27.6 Å². The molecule has 1 aromatic carbocycles. The fourth-order valence-corrected chi connectivity index (χ4v) is 2.08. The molecule has 0 amide bonds. The van der Waals surface area contributed by atoms with Crippen LogP contribution in [0.25, 0.3) is 10.9 Å². The third-order valence-corrected chi connectivity index (χ3v) is 2.91. The number of H-pyrrole nitrogens is 1. The molecule has 0 radical (unpaired) electrons. The first-order valence-electron chi connectivity index (χ1n) is 4.47. The zero-order valence-electron chi connectivity index (χ0n) is 8.21. The lowest BCUT2D eigenvalue weighted by atomic mass is 10.1. The molecule has 3 nitrogen and oxygen atoms in total. The number of benzene rings is 1. The van der Waals surface area contributed by atoms with Crippen molar-refractivity contribution in [2.24, 2.45) is 0 Å². The monoisotopic (exact) mass is 261 g/mol. The van der Waals surface area contributed by atoms with Crippen LogP contribution in [-0.4, -0.2) is 21.6 Å². The second kappa shape index (κ2) is 3.99. The van der Waals surface area contributed by atoms with Crippen LogP contribution in [0.3, 0.4) is 0 Å². The predicted molar refractivity (Wildman–Crippen MR) is 57.2 cm³/mol. The van der Waals surface area contributed by atoms with Crippen LogP contribution in [0.5, 0.6) is 0 Å². The lowest BCUT2D eigenvalue weighted by Crippen LogP contribution is -1.99. The molecule has 0 aliphatic heterocycles. The number of aromatic amines is 1. The van der Waals surface area contributed by atoms with Crippen molar-refractivity contribution >= 4 is 28.6 Å². The first-order chi connectivity index (χ1) is 7.87. The Hall–Kier alpha value is -1.63. The largest absolute Gasteiger partial charge is 0.478 e. The molecule has 90 valence electrons. The van der Waals surface area contributed by atoms with Gasteiger partial charge in [-0.2, -0.15) is 13.2 Å². The summed E-state index contributed by atoms with van der Waals surface area (Å²) in [5, 5.41) is 9.02. The topological polar surface area (TPSA) is 53.1 Å². The van der Waals surface area contributed by atoms with Crippen molar-refractivity contribution in [3.05, 3.63) is 30.0 Å². The molecule has 0 bridgehead atoms. The van der Waals surface area contributed by atoms with E-state index in [1.807, 2.05) is 0 Å². The van der Waals surface area contributed by atoms with Gasteiger partial charge in [-0.05, 0) is 30.0 Å². The summed E-state index contributed by atoms with van der Waals surface area (Å²) in [5.74, 6) is -1.17. The molecular formula is C10H6F3NO2S. The SMILES string of the molecule is O=C(O)c1ccc2[nH]cc(SC(F)(F)F)c2c1. The number of hydrogen-bond donors (Lipinski definition) is 2. The van der Waals surface area contributed by atoms with E-state index in [4.69, 9.17) is 5.11 Å². The first kappa shape index (κ1) is 11.8. The average molecular weight is 261 g/mol. The maximum Gasteiger partial charge on any atom is 0.446 e. The van der Waals surface area contributed by atoms with Crippen LogP contribution in [0, 0.1) is 0 Å². The van der Waals surface area contributed by atoms with Crippen molar-refractivity contribution in [3.8, 4) is 0 Å². The number of carbonyl (C=O) groups is 1. The third kappa shape index (κ3) is 2.55. The molecule has 1 aromatic heterocycles. The van der Waals surface area contributed by atoms with E-state index >= 15 is 0 Å². The standard InChI is InChI=1S/C10H6F3NO2S/c11-10(12,13)17-8-4-14-7-2-1-5(9(15)16)3-6(7)8/h1-4,14H,(H,15,16). The second-order valence-corrected chi connectivity index (χ2v) is 4.37. The summed E-state index contributed by atoms with van der Waals surface area (Å²) in [6.45, 7) is 0. The summed E-state index contributed by atoms with van der Waals surface area (Å²) >= 11 is -0.267. The number of rotatable bonds is 2. The average Bonchev–Trinajstić information content (AvgIpc) is 2.58. The Kier molecular flexibility index (Phi) is 2.78. The molecule has 0 aliphatic carbocycles. The Bertz CT molecular complexity index is 576. The van der Waals surface area contributed by atoms with Gasteiger partial charge in [0, 0.05) is 22.0 Å². The molecule has 0 spiro atoms. The number of carboxylic acids is 1. The number of halogens is 3. The number of nitrogens with one attached hydrogen (secondary N) is 1. The van der Waals surface area contributed by atoms with Gasteiger partial charge < -0.3 is 10.1 Å². The highest BCUT2D eigenvalue weighted by atomic mass is 32.2. The molecule has 7 heteroatoms. The van der Waals surface area contributed by atoms with E-state index in [0.29, 0.717) is 5.52 Å². The van der Waals surface area contributed by atoms with E-state index in [1.165, 1.54) is 24.4 Å². The number of carboxylic acid groups (broad SMARTS) is 1. The third-order valence-electron chi connectivity index (χ3n) is 2.12. The van der Waals surface area contributed by atoms with E-state index in [2.05, 4.69) is 4.98 Å². The Balaban J connectivity index is 2.50. The molecule has 0 saturated heterocycles. The highest BCUT2D eigenvalue weighted by Crippen LogP contribution is 2.40. The van der Waals surface area contributed by atoms with Gasteiger partial charge in [0.2, 0.25) is 0 Å². The molecule has 2 N–H and O–H groups in total. The second-order valence-electron chi connectivity index (χ2n) is 3.27. The maximum atomic E-state index is 12.2. The van der Waals surface area contributed by atoms with Crippen molar-refractivity contribution in [2.75, 3.05) is 0 Å². The Morgan fingerprint density at radius 1 is 1.35 bits per heavy atom. The van der Waals surface area contributed by atoms with Gasteiger partial charge in [-0.25, -0.2) is 4.79 Å². The van der Waals surface area contributed by atoms with Crippen molar-refractivity contribution in [3.63, 3.8) is 0 Å². The highest BCUT2D eigenvalue weighted by Gasteiger charge is 2.30. The normalized spacial score (nSPS) is 11.9. The van der Waals surface area contributed by atoms with Gasteiger partial charge in [0.25, 0.3) is 0 Å². The molecule has 0 aliphatic rings. The minimum atomic E-state index is -4.39. The van der Waals surface area contributed by atoms with Crippen LogP contribution in [0.2, 0.25) is 0 Å². The van der Waals surface area contributed by atoms with Gasteiger partial charge in [-0.15, -0.1) is 0 Å². The van der Waals surface area contributed by atoms with Crippen LogP contribution in [-0.2, 0) is 0 Å². The quantitative estimate of drug-likeness (QED) is 0.814. The zero-order chi connectivity index (χ0) is 12.6. The zero-order valence-corrected chi connectivity index (χ0v) is 9.02. The number of fused-ring (bicyclic) bond motifs is 1. The van der Waals surface area contributed by atoms with Crippen LogP contribution < -0.4 is 0 Å². The van der Waals surface area contributed by atoms with Gasteiger partial charge in [0.1, 0.15) is 0 Å². The summed E-state index contributed by atoms with van der Waals surface area (Å²) in [7, 11) is 0. The molecule has 2 rings (SSSR count). The van der Waals surface area contributed by atoms with Gasteiger partial charge in [0.15, 0.2) is 0 Å². The summed E-state index contributed by atoms with van der Waals surface area (Å²) in [4.78, 5) is 13.4. The molecule has 2 aromatic rings. The van der Waals surface area contributed by atoms with E-state index in [9.17, 15) is 18.0 Å². The van der Waals surface area contributed by atoms with E-state index in [0.717, 1.165) is 0 Å². The van der Waals surface area contributed by atoms with E-state index in [1.54, 1.807) is 0 Å². The molecule has 0 fully saturated rings. The Labute approximate surface area is 97.6 Å². The Morgan fingerprint density at radius 3 is 2.65 bits per heavy atom. The fraction of sp³-hybridized carbons (Fsp3) is 0.100. The highest BCUT2D eigenvalue weighted by molar-refractivity contribution is 8.00. The molecule has 17 heavy (non-hydrogen) atoms. The van der Waals surface area contributed by atoms with Gasteiger partial charge in [-0.3, -0.25) is 0 Å². The number of thioether (sulfide) groups is 1. The molecule has 0 atom stereocenters. The number of alkyl halides is 3. The lowest BCUT2D eigenvalue weighted by Gasteiger charge is -2.03. The Morgan fingerprint density at radius 2 is 2.06 bits per heavy atom. The molecule has 0 unspecified atom stereocenters. The van der Waals surface area contributed by atoms with Crippen LogP contribution in [0.15, 0.2) is 29.3 Å². The van der Waals surface area contributed by atoms with Crippen LogP contribution in [0.1, 0.15) is 10.4 Å². The van der Waals surface area contributed by atoms with Gasteiger partial charge >= 0.3 is 11.5 Å². The van der Waals surface area contributed by atoms with Crippen molar-refractivity contribution in [2.45, 2.75) is 10.4 Å². The van der Waals surface area contributed by atoms with Gasteiger partial charge in [0.05, 0.1) is 5.56 Å². The van der Waals surface area contributed by atoms with Crippen molar-refractivity contribution in [1.29, 1.82) is 0 Å².